The van der Waals surface area contributed by atoms with Gasteiger partial charge >= 0.3 is 5.97 Å². The first-order chi connectivity index (χ1) is 8.22. The molecule has 2 rings (SSSR count). The molecule has 2 aromatic rings. The van der Waals surface area contributed by atoms with Crippen LogP contribution in [0, 0.1) is 0 Å². The Morgan fingerprint density at radius 2 is 2.00 bits per heavy atom. The number of carbonyl (C=O) groups is 1. The maximum atomic E-state index is 11.6. The zero-order chi connectivity index (χ0) is 12.3. The second kappa shape index (κ2) is 6.34. The molecule has 0 N–H and O–H groups in total. The van der Waals surface area contributed by atoms with Crippen molar-refractivity contribution in [2.24, 2.45) is 7.05 Å². The van der Waals surface area contributed by atoms with Gasteiger partial charge in [-0.15, -0.1) is 0 Å². The topological polar surface area (TPSA) is 68.8 Å². The summed E-state index contributed by atoms with van der Waals surface area (Å²) in [4.78, 5) is 19.7. The molecule has 0 radical (unpaired) electrons. The van der Waals surface area contributed by atoms with Crippen LogP contribution in [-0.2, 0) is 11.8 Å². The van der Waals surface area contributed by atoms with Gasteiger partial charge in [-0.3, -0.25) is 0 Å². The summed E-state index contributed by atoms with van der Waals surface area (Å²) in [6, 6.07) is 3.33. The lowest BCUT2D eigenvalue weighted by Gasteiger charge is -2.02. The fourth-order valence-electron chi connectivity index (χ4n) is 1.37. The molecule has 0 aliphatic heterocycles. The van der Waals surface area contributed by atoms with Crippen LogP contribution in [-0.4, -0.2) is 28.1 Å². The Labute approximate surface area is 121 Å². The van der Waals surface area contributed by atoms with Gasteiger partial charge in [0.25, 0.3) is 0 Å². The van der Waals surface area contributed by atoms with E-state index in [4.69, 9.17) is 4.74 Å². The predicted octanol–water partition coefficient (Wildman–Crippen LogP) is -2.85. The summed E-state index contributed by atoms with van der Waals surface area (Å²) in [6.07, 6.45) is 4.86. The minimum atomic E-state index is -0.458. The number of carbonyl (C=O) groups excluding carboxylic acids is 1. The smallest absolute Gasteiger partial charge is 0.340 e. The Bertz CT molecular complexity index is 548. The van der Waals surface area contributed by atoms with Gasteiger partial charge in [0.1, 0.15) is 5.56 Å². The standard InChI is InChI=1S/C11H11N4O2.HI/c1-15-7-4-8(11(16)17-2)9(14-15)10-12-5-3-6-13-10;/h3-7H,1-2H3;1H/q+1;/p-1. The number of nitrogens with zero attached hydrogens (tertiary/aromatic N) is 4. The molecule has 0 bridgehead atoms. The molecule has 7 heteroatoms. The lowest BCUT2D eigenvalue weighted by Crippen LogP contribution is -3.00. The molecular weight excluding hydrogens is 347 g/mol. The monoisotopic (exact) mass is 358 g/mol. The Morgan fingerprint density at radius 1 is 1.33 bits per heavy atom. The van der Waals surface area contributed by atoms with Crippen LogP contribution in [0.15, 0.2) is 30.7 Å². The van der Waals surface area contributed by atoms with Crippen molar-refractivity contribution >= 4 is 5.97 Å². The van der Waals surface area contributed by atoms with Gasteiger partial charge in [-0.2, -0.15) is 0 Å². The van der Waals surface area contributed by atoms with Crippen LogP contribution in [0.1, 0.15) is 10.4 Å². The second-order valence-electron chi connectivity index (χ2n) is 3.32. The summed E-state index contributed by atoms with van der Waals surface area (Å²) in [6.45, 7) is 0. The van der Waals surface area contributed by atoms with Gasteiger partial charge in [-0.1, -0.05) is 4.68 Å². The maximum Gasteiger partial charge on any atom is 0.340 e. The lowest BCUT2D eigenvalue weighted by atomic mass is 10.2. The van der Waals surface area contributed by atoms with Crippen LogP contribution in [0.4, 0.5) is 0 Å². The molecule has 2 heterocycles. The molecule has 0 fully saturated rings. The van der Waals surface area contributed by atoms with E-state index in [2.05, 4.69) is 15.1 Å². The highest BCUT2D eigenvalue weighted by molar-refractivity contribution is 5.94. The Hall–Kier alpha value is -1.64. The fourth-order valence-corrected chi connectivity index (χ4v) is 1.37. The zero-order valence-electron chi connectivity index (χ0n) is 9.87. The summed E-state index contributed by atoms with van der Waals surface area (Å²) in [7, 11) is 3.08. The summed E-state index contributed by atoms with van der Waals surface area (Å²) in [5.74, 6) is -0.0651. The van der Waals surface area contributed by atoms with E-state index in [1.165, 1.54) is 7.11 Å². The Morgan fingerprint density at radius 3 is 2.61 bits per heavy atom. The van der Waals surface area contributed by atoms with Crippen molar-refractivity contribution in [2.75, 3.05) is 7.11 Å². The lowest BCUT2D eigenvalue weighted by molar-refractivity contribution is -0.730. The summed E-state index contributed by atoms with van der Waals surface area (Å²) < 4.78 is 6.28. The number of aryl methyl sites for hydroxylation is 1. The van der Waals surface area contributed by atoms with Crippen LogP contribution in [0.2, 0.25) is 0 Å². The van der Waals surface area contributed by atoms with Gasteiger partial charge in [-0.05, 0) is 6.07 Å². The van der Waals surface area contributed by atoms with Crippen molar-refractivity contribution in [1.82, 2.24) is 15.1 Å². The van der Waals surface area contributed by atoms with Gasteiger partial charge in [0.15, 0.2) is 24.8 Å². The van der Waals surface area contributed by atoms with Gasteiger partial charge in [0.2, 0.25) is 0 Å². The average molecular weight is 358 g/mol. The van der Waals surface area contributed by atoms with E-state index < -0.39 is 5.97 Å². The molecule has 0 spiro atoms. The first kappa shape index (κ1) is 14.4. The van der Waals surface area contributed by atoms with E-state index in [-0.39, 0.29) is 24.0 Å². The van der Waals surface area contributed by atoms with Gasteiger partial charge in [0.05, 0.1) is 7.11 Å². The molecule has 0 saturated carbocycles. The van der Waals surface area contributed by atoms with E-state index in [1.54, 1.807) is 42.5 Å². The highest BCUT2D eigenvalue weighted by atomic mass is 127. The molecule has 0 amide bonds. The Kier molecular flexibility index (Phi) is 5.08. The van der Waals surface area contributed by atoms with E-state index in [1.807, 2.05) is 0 Å². The molecule has 0 aliphatic rings. The number of esters is 1. The molecule has 6 nitrogen and oxygen atoms in total. The van der Waals surface area contributed by atoms with Crippen LogP contribution in [0.25, 0.3) is 11.5 Å². The molecule has 94 valence electrons. The third-order valence-corrected chi connectivity index (χ3v) is 2.15. The van der Waals surface area contributed by atoms with Crippen molar-refractivity contribution < 1.29 is 38.2 Å². The van der Waals surface area contributed by atoms with Crippen LogP contribution in [0.3, 0.4) is 0 Å². The van der Waals surface area contributed by atoms with Crippen molar-refractivity contribution in [2.45, 2.75) is 0 Å². The zero-order valence-corrected chi connectivity index (χ0v) is 12.0. The largest absolute Gasteiger partial charge is 1.00 e. The first-order valence-electron chi connectivity index (χ1n) is 4.95. The molecule has 0 aromatic carbocycles. The number of rotatable bonds is 2. The van der Waals surface area contributed by atoms with Crippen LogP contribution in [0.5, 0.6) is 0 Å². The first-order valence-corrected chi connectivity index (χ1v) is 4.95. The molecular formula is C11H11IN4O2. The fraction of sp³-hybridized carbons (Fsp3) is 0.182. The second-order valence-corrected chi connectivity index (χ2v) is 3.32. The van der Waals surface area contributed by atoms with E-state index in [9.17, 15) is 4.79 Å². The third-order valence-electron chi connectivity index (χ3n) is 2.15. The molecule has 0 atom stereocenters. The van der Waals surface area contributed by atoms with Gasteiger partial charge in [-0.25, -0.2) is 14.8 Å². The molecule has 0 unspecified atom stereocenters. The summed E-state index contributed by atoms with van der Waals surface area (Å²) >= 11 is 0. The number of halogens is 1. The Balaban J connectivity index is 0.00000162. The van der Waals surface area contributed by atoms with E-state index in [0.717, 1.165) is 0 Å². The normalized spacial score (nSPS) is 9.44. The van der Waals surface area contributed by atoms with Crippen LogP contribution < -0.4 is 28.7 Å². The quantitative estimate of drug-likeness (QED) is 0.329. The van der Waals surface area contributed by atoms with Crippen molar-refractivity contribution in [3.05, 3.63) is 36.3 Å². The average Bonchev–Trinajstić information content (AvgIpc) is 2.39. The highest BCUT2D eigenvalue weighted by Gasteiger charge is 2.20. The SMILES string of the molecule is COC(=O)c1cc[n+](C)nc1-c1ncccn1.[I-]. The van der Waals surface area contributed by atoms with Crippen molar-refractivity contribution in [3.8, 4) is 11.5 Å². The molecule has 0 saturated heterocycles. The van der Waals surface area contributed by atoms with Crippen LogP contribution >= 0.6 is 0 Å². The minimum absolute atomic E-state index is 0. The van der Waals surface area contributed by atoms with Gasteiger partial charge < -0.3 is 28.7 Å². The molecule has 18 heavy (non-hydrogen) atoms. The van der Waals surface area contributed by atoms with Crippen molar-refractivity contribution in [3.63, 3.8) is 0 Å². The molecule has 0 aliphatic carbocycles. The van der Waals surface area contributed by atoms with Crippen molar-refractivity contribution in [1.29, 1.82) is 0 Å². The third kappa shape index (κ3) is 2.97. The number of aromatic nitrogens is 4. The van der Waals surface area contributed by atoms with Gasteiger partial charge in [0, 0.05) is 23.6 Å². The minimum Gasteiger partial charge on any atom is -1.00 e. The number of hydrogen-bond acceptors (Lipinski definition) is 5. The summed E-state index contributed by atoms with van der Waals surface area (Å²) in [5.41, 5.74) is 0.749. The predicted molar refractivity (Wildman–Crippen MR) is 57.8 cm³/mol. The molecule has 2 aromatic heterocycles. The summed E-state index contributed by atoms with van der Waals surface area (Å²) in [5, 5.41) is 4.20. The number of hydrogen-bond donors (Lipinski definition) is 0. The van der Waals surface area contributed by atoms with E-state index >= 15 is 0 Å². The highest BCUT2D eigenvalue weighted by Crippen LogP contribution is 2.15. The van der Waals surface area contributed by atoms with E-state index in [0.29, 0.717) is 17.1 Å². The number of methoxy groups -OCH3 is 1. The maximum absolute atomic E-state index is 11.6. The number of ether oxygens (including phenoxy) is 1.